The second-order valence-corrected chi connectivity index (χ2v) is 29.3. The van der Waals surface area contributed by atoms with Gasteiger partial charge in [-0.05, 0) is 71.3 Å². The molecular formula is C28H51NO3Si3. The van der Waals surface area contributed by atoms with Crippen molar-refractivity contribution in [3.63, 3.8) is 0 Å². The number of fused-ring (bicyclic) bond motifs is 1. The van der Waals surface area contributed by atoms with Crippen LogP contribution in [0.4, 0.5) is 0 Å². The zero-order valence-electron chi connectivity index (χ0n) is 25.2. The fourth-order valence-corrected chi connectivity index (χ4v) is 7.35. The van der Waals surface area contributed by atoms with Crippen molar-refractivity contribution in [3.8, 4) is 5.75 Å². The van der Waals surface area contributed by atoms with E-state index in [1.807, 2.05) is 0 Å². The summed E-state index contributed by atoms with van der Waals surface area (Å²) in [6.45, 7) is 33.9. The monoisotopic (exact) mass is 533 g/mol. The van der Waals surface area contributed by atoms with Gasteiger partial charge in [-0.25, -0.2) is 0 Å². The summed E-state index contributed by atoms with van der Waals surface area (Å²) in [4.78, 5) is 13.2. The van der Waals surface area contributed by atoms with Gasteiger partial charge in [-0.15, -0.1) is 0 Å². The zero-order valence-corrected chi connectivity index (χ0v) is 28.2. The molecule has 198 valence electrons. The average molecular weight is 534 g/mol. The summed E-state index contributed by atoms with van der Waals surface area (Å²) < 4.78 is 15.3. The Labute approximate surface area is 218 Å². The van der Waals surface area contributed by atoms with E-state index in [0.717, 1.165) is 16.7 Å². The molecule has 0 spiro atoms. The molecule has 0 bridgehead atoms. The van der Waals surface area contributed by atoms with Gasteiger partial charge in [0.15, 0.2) is 8.24 Å². The van der Waals surface area contributed by atoms with Crippen molar-refractivity contribution in [2.24, 2.45) is 0 Å². The molecule has 0 amide bonds. The highest BCUT2D eigenvalue weighted by Crippen LogP contribution is 2.42. The van der Waals surface area contributed by atoms with E-state index in [0.29, 0.717) is 0 Å². The van der Waals surface area contributed by atoms with Crippen LogP contribution < -0.4 is 4.43 Å². The molecule has 0 saturated heterocycles. The second kappa shape index (κ2) is 9.21. The molecular weight excluding hydrogens is 483 g/mol. The van der Waals surface area contributed by atoms with Crippen molar-refractivity contribution in [3.05, 3.63) is 30.0 Å². The molecule has 4 nitrogen and oxygen atoms in total. The number of carbonyl (C=O) groups excluding carboxylic acids is 1. The third-order valence-corrected chi connectivity index (χ3v) is 22.9. The lowest BCUT2D eigenvalue weighted by atomic mass is 10.1. The summed E-state index contributed by atoms with van der Waals surface area (Å²) in [5.41, 5.74) is 2.23. The van der Waals surface area contributed by atoms with Crippen LogP contribution in [0.1, 0.15) is 67.9 Å². The average Bonchev–Trinajstić information content (AvgIpc) is 2.96. The van der Waals surface area contributed by atoms with Crippen molar-refractivity contribution in [1.82, 2.24) is 4.23 Å². The Morgan fingerprint density at radius 1 is 0.800 bits per heavy atom. The Morgan fingerprint density at radius 3 is 1.77 bits per heavy atom. The van der Waals surface area contributed by atoms with Gasteiger partial charge < -0.3 is 13.1 Å². The van der Waals surface area contributed by atoms with Gasteiger partial charge in [-0.3, -0.25) is 4.79 Å². The van der Waals surface area contributed by atoms with Gasteiger partial charge in [-0.1, -0.05) is 75.4 Å². The summed E-state index contributed by atoms with van der Waals surface area (Å²) in [6, 6.07) is 6.47. The molecule has 1 heterocycles. The van der Waals surface area contributed by atoms with E-state index in [1.165, 1.54) is 5.52 Å². The van der Waals surface area contributed by atoms with Gasteiger partial charge in [0, 0.05) is 10.9 Å². The van der Waals surface area contributed by atoms with Gasteiger partial charge in [0.1, 0.15) is 5.75 Å². The molecule has 2 aromatic rings. The molecule has 2 rings (SSSR count). The highest BCUT2D eigenvalue weighted by atomic mass is 28.4. The first-order chi connectivity index (χ1) is 15.4. The van der Waals surface area contributed by atoms with E-state index >= 15 is 0 Å². The van der Waals surface area contributed by atoms with E-state index in [1.54, 1.807) is 0 Å². The lowest BCUT2D eigenvalue weighted by molar-refractivity contribution is -0.134. The van der Waals surface area contributed by atoms with E-state index in [4.69, 9.17) is 8.85 Å². The van der Waals surface area contributed by atoms with Crippen LogP contribution in [0.3, 0.4) is 0 Å². The fraction of sp³-hybridized carbons (Fsp3) is 0.679. The van der Waals surface area contributed by atoms with Crippen molar-refractivity contribution in [1.29, 1.82) is 0 Å². The summed E-state index contributed by atoms with van der Waals surface area (Å²) in [6.07, 6.45) is 2.51. The van der Waals surface area contributed by atoms with E-state index < -0.39 is 24.9 Å². The maximum absolute atomic E-state index is 13.2. The first kappa shape index (κ1) is 29.9. The Kier molecular flexibility index (Phi) is 7.87. The SMILES string of the molecule is CC(C)(C)[Si](C)(C)OC(=O)Cc1cn([Si](C)(C)C(C)(C)C)c2ccc(O[Si](C)(C)C(C)(C)C)cc12. The third kappa shape index (κ3) is 6.16. The van der Waals surface area contributed by atoms with Crippen LogP contribution >= 0.6 is 0 Å². The maximum atomic E-state index is 13.2. The van der Waals surface area contributed by atoms with Gasteiger partial charge in [0.25, 0.3) is 14.3 Å². The molecule has 1 aromatic carbocycles. The highest BCUT2D eigenvalue weighted by molar-refractivity contribution is 6.79. The largest absolute Gasteiger partial charge is 0.543 e. The second-order valence-electron chi connectivity index (χ2n) is 14.8. The number of hydrogen-bond acceptors (Lipinski definition) is 3. The van der Waals surface area contributed by atoms with Crippen molar-refractivity contribution >= 4 is 41.7 Å². The lowest BCUT2D eigenvalue weighted by Crippen LogP contribution is -2.45. The Morgan fingerprint density at radius 2 is 1.31 bits per heavy atom. The van der Waals surface area contributed by atoms with Crippen LogP contribution in [-0.4, -0.2) is 35.1 Å². The topological polar surface area (TPSA) is 40.5 Å². The number of rotatable bonds is 6. The van der Waals surface area contributed by atoms with Crippen LogP contribution in [0.25, 0.3) is 10.9 Å². The predicted octanol–water partition coefficient (Wildman–Crippen LogP) is 8.97. The smallest absolute Gasteiger partial charge is 0.297 e. The van der Waals surface area contributed by atoms with Gasteiger partial charge in [0.05, 0.1) is 6.42 Å². The molecule has 35 heavy (non-hydrogen) atoms. The molecule has 0 radical (unpaired) electrons. The minimum atomic E-state index is -2.18. The molecule has 0 fully saturated rings. The Balaban J connectivity index is 2.61. The predicted molar refractivity (Wildman–Crippen MR) is 159 cm³/mol. The number of hydrogen-bond donors (Lipinski definition) is 0. The Bertz CT molecular complexity index is 1080. The highest BCUT2D eigenvalue weighted by Gasteiger charge is 2.42. The molecule has 0 aliphatic carbocycles. The number of aromatic nitrogens is 1. The molecule has 0 aliphatic heterocycles. The number of carbonyl (C=O) groups is 1. The van der Waals surface area contributed by atoms with E-state index in [2.05, 4.69) is 130 Å². The van der Waals surface area contributed by atoms with Crippen molar-refractivity contribution in [2.45, 2.75) is 123 Å². The number of nitrogens with zero attached hydrogens (tertiary/aromatic N) is 1. The lowest BCUT2D eigenvalue weighted by Gasteiger charge is -2.38. The van der Waals surface area contributed by atoms with Crippen molar-refractivity contribution in [2.75, 3.05) is 0 Å². The van der Waals surface area contributed by atoms with E-state index in [-0.39, 0.29) is 27.5 Å². The zero-order chi connectivity index (χ0) is 27.4. The molecule has 0 unspecified atom stereocenters. The molecule has 0 aliphatic rings. The van der Waals surface area contributed by atoms with Gasteiger partial charge in [-0.2, -0.15) is 0 Å². The minimum absolute atomic E-state index is 0.0119. The first-order valence-electron chi connectivity index (χ1n) is 13.0. The summed E-state index contributed by atoms with van der Waals surface area (Å²) in [7, 11) is -6.06. The third-order valence-electron chi connectivity index (χ3n) is 8.99. The summed E-state index contributed by atoms with van der Waals surface area (Å²) in [5, 5.41) is 1.37. The van der Waals surface area contributed by atoms with E-state index in [9.17, 15) is 4.79 Å². The number of benzene rings is 1. The Hall–Kier alpha value is -1.32. The molecule has 0 saturated carbocycles. The van der Waals surface area contributed by atoms with Crippen molar-refractivity contribution < 1.29 is 13.6 Å². The maximum Gasteiger partial charge on any atom is 0.297 e. The van der Waals surface area contributed by atoms with Crippen LogP contribution in [0.5, 0.6) is 5.75 Å². The minimum Gasteiger partial charge on any atom is -0.543 e. The molecule has 7 heteroatoms. The normalized spacial score (nSPS) is 14.4. The van der Waals surface area contributed by atoms with Crippen LogP contribution in [-0.2, 0) is 15.6 Å². The summed E-state index contributed by atoms with van der Waals surface area (Å²) >= 11 is 0. The van der Waals surface area contributed by atoms with Gasteiger partial charge >= 0.3 is 0 Å². The quantitative estimate of drug-likeness (QED) is 0.348. The molecule has 1 aromatic heterocycles. The first-order valence-corrected chi connectivity index (χ1v) is 21.7. The van der Waals surface area contributed by atoms with Crippen LogP contribution in [0.2, 0.25) is 54.4 Å². The van der Waals surface area contributed by atoms with Crippen LogP contribution in [0, 0.1) is 0 Å². The molecule has 0 N–H and O–H groups in total. The fourth-order valence-electron chi connectivity index (χ4n) is 3.38. The van der Waals surface area contributed by atoms with Gasteiger partial charge in [0.2, 0.25) is 8.32 Å². The summed E-state index contributed by atoms with van der Waals surface area (Å²) in [5.74, 6) is 0.776. The molecule has 0 atom stereocenters. The van der Waals surface area contributed by atoms with Crippen LogP contribution in [0.15, 0.2) is 24.4 Å². The standard InChI is InChI=1S/C28H51NO3Si3/c1-26(2,3)33(10,11)29-20-21(18-25(30)32-35(14,15)28(7,8)9)23-19-22(16-17-24(23)29)31-34(12,13)27(4,5)6/h16-17,19-20H,18H2,1-15H3.